The zero-order chi connectivity index (χ0) is 26.1. The van der Waals surface area contributed by atoms with Gasteiger partial charge in [0.1, 0.15) is 5.75 Å². The molecule has 4 nitrogen and oxygen atoms in total. The topological polar surface area (TPSA) is 52.1 Å². The molecule has 0 spiro atoms. The van der Waals surface area contributed by atoms with E-state index in [4.69, 9.17) is 4.74 Å². The van der Waals surface area contributed by atoms with Gasteiger partial charge in [-0.05, 0) is 68.0 Å². The average molecular weight is 525 g/mol. The fourth-order valence-electron chi connectivity index (χ4n) is 5.21. The molecule has 204 valence electrons. The standard InChI is InChI=1S/C32H48N2O2S/c1-3-5-7-8-9-10-11-13-23-37-30-24-33-31(34-25-30)27-19-21-29(22-20-27)36-32(35)28-17-15-26(16-18-28)14-12-6-4-2/h19-22,24-26,28H,3-18,23H2,1-2H3. The summed E-state index contributed by atoms with van der Waals surface area (Å²) in [6.07, 6.45) is 24.1. The molecule has 0 amide bonds. The first-order valence-electron chi connectivity index (χ1n) is 15.0. The van der Waals surface area contributed by atoms with E-state index in [-0.39, 0.29) is 11.9 Å². The van der Waals surface area contributed by atoms with Crippen molar-refractivity contribution in [3.8, 4) is 17.1 Å². The van der Waals surface area contributed by atoms with Gasteiger partial charge in [0, 0.05) is 22.9 Å². The van der Waals surface area contributed by atoms with Gasteiger partial charge >= 0.3 is 5.97 Å². The first-order chi connectivity index (χ1) is 18.2. The minimum absolute atomic E-state index is 0.0428. The highest BCUT2D eigenvalue weighted by Gasteiger charge is 2.27. The summed E-state index contributed by atoms with van der Waals surface area (Å²) in [6, 6.07) is 7.60. The maximum absolute atomic E-state index is 12.7. The SMILES string of the molecule is CCCCCCCCCCSc1cnc(-c2ccc(OC(=O)C3CCC(CCCCC)CC3)cc2)nc1. The number of nitrogens with zero attached hydrogens (tertiary/aromatic N) is 2. The molecule has 1 aromatic heterocycles. The van der Waals surface area contributed by atoms with Crippen LogP contribution in [0.3, 0.4) is 0 Å². The van der Waals surface area contributed by atoms with Crippen molar-refractivity contribution in [2.24, 2.45) is 11.8 Å². The second-order valence-corrected chi connectivity index (χ2v) is 11.9. The molecule has 0 aliphatic heterocycles. The van der Waals surface area contributed by atoms with Crippen molar-refractivity contribution in [3.63, 3.8) is 0 Å². The molecule has 0 radical (unpaired) electrons. The molecule has 1 heterocycles. The molecule has 1 aliphatic rings. The number of aromatic nitrogens is 2. The quantitative estimate of drug-likeness (QED) is 0.0892. The molecule has 0 saturated heterocycles. The van der Waals surface area contributed by atoms with Crippen molar-refractivity contribution >= 4 is 17.7 Å². The normalized spacial score (nSPS) is 17.6. The lowest BCUT2D eigenvalue weighted by atomic mass is 9.80. The molecular weight excluding hydrogens is 476 g/mol. The summed E-state index contributed by atoms with van der Waals surface area (Å²) >= 11 is 1.84. The number of unbranched alkanes of at least 4 members (excludes halogenated alkanes) is 9. The number of benzene rings is 1. The summed E-state index contributed by atoms with van der Waals surface area (Å²) in [5.74, 6) is 3.20. The van der Waals surface area contributed by atoms with Gasteiger partial charge in [0.15, 0.2) is 5.82 Å². The van der Waals surface area contributed by atoms with Crippen LogP contribution in [0.2, 0.25) is 0 Å². The van der Waals surface area contributed by atoms with Crippen molar-refractivity contribution < 1.29 is 9.53 Å². The molecular formula is C32H48N2O2S. The molecule has 37 heavy (non-hydrogen) atoms. The average Bonchev–Trinajstić information content (AvgIpc) is 2.93. The number of hydrogen-bond donors (Lipinski definition) is 0. The molecule has 2 aromatic rings. The summed E-state index contributed by atoms with van der Waals surface area (Å²) in [5, 5.41) is 0. The fourth-order valence-corrected chi connectivity index (χ4v) is 6.05. The molecule has 0 atom stereocenters. The van der Waals surface area contributed by atoms with E-state index in [1.165, 1.54) is 77.0 Å². The van der Waals surface area contributed by atoms with Crippen LogP contribution in [0, 0.1) is 11.8 Å². The van der Waals surface area contributed by atoms with Gasteiger partial charge in [-0.25, -0.2) is 9.97 Å². The number of ether oxygens (including phenoxy) is 1. The Morgan fingerprint density at radius 1 is 0.811 bits per heavy atom. The molecule has 0 bridgehead atoms. The van der Waals surface area contributed by atoms with E-state index in [2.05, 4.69) is 23.8 Å². The summed E-state index contributed by atoms with van der Waals surface area (Å²) in [7, 11) is 0. The summed E-state index contributed by atoms with van der Waals surface area (Å²) in [4.78, 5) is 22.9. The molecule has 3 rings (SSSR count). The second kappa shape index (κ2) is 17.6. The Bertz CT molecular complexity index is 877. The van der Waals surface area contributed by atoms with Crippen LogP contribution in [-0.2, 0) is 4.79 Å². The van der Waals surface area contributed by atoms with Crippen LogP contribution >= 0.6 is 11.8 Å². The van der Waals surface area contributed by atoms with Crippen molar-refractivity contribution in [1.82, 2.24) is 9.97 Å². The van der Waals surface area contributed by atoms with Crippen LogP contribution in [0.15, 0.2) is 41.6 Å². The Morgan fingerprint density at radius 3 is 2.05 bits per heavy atom. The number of hydrogen-bond acceptors (Lipinski definition) is 5. The van der Waals surface area contributed by atoms with Crippen LogP contribution < -0.4 is 4.74 Å². The number of rotatable bonds is 17. The van der Waals surface area contributed by atoms with Crippen LogP contribution in [0.1, 0.15) is 117 Å². The van der Waals surface area contributed by atoms with Crippen LogP contribution in [0.25, 0.3) is 11.4 Å². The smallest absolute Gasteiger partial charge is 0.314 e. The Morgan fingerprint density at radius 2 is 1.41 bits per heavy atom. The first-order valence-corrected chi connectivity index (χ1v) is 15.9. The van der Waals surface area contributed by atoms with Gasteiger partial charge in [0.05, 0.1) is 5.92 Å². The summed E-state index contributed by atoms with van der Waals surface area (Å²) in [5.41, 5.74) is 0.937. The van der Waals surface area contributed by atoms with Crippen molar-refractivity contribution in [2.45, 2.75) is 121 Å². The monoisotopic (exact) mass is 524 g/mol. The molecule has 5 heteroatoms. The van der Waals surface area contributed by atoms with E-state index in [9.17, 15) is 4.79 Å². The minimum atomic E-state index is -0.0751. The lowest BCUT2D eigenvalue weighted by Crippen LogP contribution is -2.25. The maximum Gasteiger partial charge on any atom is 0.314 e. The molecule has 1 fully saturated rings. The van der Waals surface area contributed by atoms with E-state index in [0.29, 0.717) is 11.6 Å². The van der Waals surface area contributed by atoms with Gasteiger partial charge in [-0.15, -0.1) is 11.8 Å². The van der Waals surface area contributed by atoms with Gasteiger partial charge in [0.25, 0.3) is 0 Å². The largest absolute Gasteiger partial charge is 0.426 e. The fraction of sp³-hybridized carbons (Fsp3) is 0.656. The zero-order valence-electron chi connectivity index (χ0n) is 23.3. The van der Waals surface area contributed by atoms with Crippen LogP contribution in [0.4, 0.5) is 0 Å². The number of thioether (sulfide) groups is 1. The minimum Gasteiger partial charge on any atom is -0.426 e. The lowest BCUT2D eigenvalue weighted by Gasteiger charge is -2.27. The summed E-state index contributed by atoms with van der Waals surface area (Å²) in [6.45, 7) is 4.52. The molecule has 1 saturated carbocycles. The van der Waals surface area contributed by atoms with Gasteiger partial charge < -0.3 is 4.74 Å². The van der Waals surface area contributed by atoms with E-state index in [1.807, 2.05) is 48.4 Å². The second-order valence-electron chi connectivity index (χ2n) is 10.7. The maximum atomic E-state index is 12.7. The Labute approximate surface area is 229 Å². The number of carbonyl (C=O) groups excluding carboxylic acids is 1. The lowest BCUT2D eigenvalue weighted by molar-refractivity contribution is -0.140. The van der Waals surface area contributed by atoms with Gasteiger partial charge in [-0.1, -0.05) is 84.5 Å². The Kier molecular flexibility index (Phi) is 14.1. The van der Waals surface area contributed by atoms with Gasteiger partial charge in [-0.3, -0.25) is 4.79 Å². The molecule has 0 unspecified atom stereocenters. The van der Waals surface area contributed by atoms with Crippen LogP contribution in [-0.4, -0.2) is 21.7 Å². The van der Waals surface area contributed by atoms with E-state index in [1.54, 1.807) is 0 Å². The van der Waals surface area contributed by atoms with Crippen molar-refractivity contribution in [1.29, 1.82) is 0 Å². The third kappa shape index (κ3) is 11.2. The summed E-state index contributed by atoms with van der Waals surface area (Å²) < 4.78 is 5.71. The van der Waals surface area contributed by atoms with Gasteiger partial charge in [-0.2, -0.15) is 0 Å². The number of esters is 1. The number of carbonyl (C=O) groups is 1. The highest BCUT2D eigenvalue weighted by atomic mass is 32.2. The predicted octanol–water partition coefficient (Wildman–Crippen LogP) is 9.67. The predicted molar refractivity (Wildman–Crippen MR) is 156 cm³/mol. The first kappa shape index (κ1) is 29.7. The van der Waals surface area contributed by atoms with Crippen molar-refractivity contribution in [2.75, 3.05) is 5.75 Å². The molecule has 0 N–H and O–H groups in total. The highest BCUT2D eigenvalue weighted by Crippen LogP contribution is 2.33. The third-order valence-corrected chi connectivity index (χ3v) is 8.66. The molecule has 1 aromatic carbocycles. The van der Waals surface area contributed by atoms with Crippen LogP contribution in [0.5, 0.6) is 5.75 Å². The third-order valence-electron chi connectivity index (χ3n) is 7.62. The van der Waals surface area contributed by atoms with Crippen molar-refractivity contribution in [3.05, 3.63) is 36.7 Å². The highest BCUT2D eigenvalue weighted by molar-refractivity contribution is 7.99. The Hall–Kier alpha value is -1.88. The van der Waals surface area contributed by atoms with E-state index in [0.717, 1.165) is 47.8 Å². The zero-order valence-corrected chi connectivity index (χ0v) is 24.1. The molecule has 1 aliphatic carbocycles. The van der Waals surface area contributed by atoms with Gasteiger partial charge in [0.2, 0.25) is 0 Å². The Balaban J connectivity index is 1.35. The van der Waals surface area contributed by atoms with E-state index < -0.39 is 0 Å². The van der Waals surface area contributed by atoms with E-state index >= 15 is 0 Å².